The van der Waals surface area contributed by atoms with Crippen molar-refractivity contribution in [1.29, 1.82) is 0 Å². The molecule has 136 valence electrons. The Morgan fingerprint density at radius 1 is 0.846 bits per heavy atom. The standard InChI is InChI=1S/C22H26N2O2/c25-21(15-11-12-15)24-20-14-17-8-6-5-7-16(17)13-19(20)22(26)23-18-9-3-1-2-4-10-18/h5-8,13-15,18H,1-4,9-12H2,(H,23,26)(H,24,25). The predicted octanol–water partition coefficient (Wildman–Crippen LogP) is 4.64. The first-order valence-electron chi connectivity index (χ1n) is 9.85. The number of hydrogen-bond donors (Lipinski definition) is 2. The Labute approximate surface area is 154 Å². The largest absolute Gasteiger partial charge is 0.349 e. The van der Waals surface area contributed by atoms with Crippen LogP contribution in [0.15, 0.2) is 36.4 Å². The van der Waals surface area contributed by atoms with Gasteiger partial charge in [0, 0.05) is 12.0 Å². The highest BCUT2D eigenvalue weighted by atomic mass is 16.2. The molecule has 0 unspecified atom stereocenters. The molecule has 0 spiro atoms. The maximum absolute atomic E-state index is 13.0. The maximum Gasteiger partial charge on any atom is 0.253 e. The predicted molar refractivity (Wildman–Crippen MR) is 104 cm³/mol. The zero-order chi connectivity index (χ0) is 17.9. The number of amides is 2. The van der Waals surface area contributed by atoms with Crippen LogP contribution in [0.2, 0.25) is 0 Å². The SMILES string of the molecule is O=C(NC1CCCCCC1)c1cc2ccccc2cc1NC(=O)C1CC1. The van der Waals surface area contributed by atoms with E-state index in [1.165, 1.54) is 25.7 Å². The molecule has 4 heteroatoms. The third kappa shape index (κ3) is 3.90. The second kappa shape index (κ2) is 7.48. The summed E-state index contributed by atoms with van der Waals surface area (Å²) in [6.07, 6.45) is 8.84. The first-order valence-corrected chi connectivity index (χ1v) is 9.85. The fourth-order valence-electron chi connectivity index (χ4n) is 3.80. The molecule has 0 aromatic heterocycles. The van der Waals surface area contributed by atoms with Crippen molar-refractivity contribution in [3.05, 3.63) is 42.0 Å². The van der Waals surface area contributed by atoms with Gasteiger partial charge in [-0.1, -0.05) is 49.9 Å². The minimum Gasteiger partial charge on any atom is -0.349 e. The number of nitrogens with one attached hydrogen (secondary N) is 2. The molecule has 2 N–H and O–H groups in total. The monoisotopic (exact) mass is 350 g/mol. The van der Waals surface area contributed by atoms with Gasteiger partial charge in [-0.25, -0.2) is 0 Å². The minimum atomic E-state index is -0.0752. The molecular formula is C22H26N2O2. The summed E-state index contributed by atoms with van der Waals surface area (Å²) in [7, 11) is 0. The van der Waals surface area contributed by atoms with Gasteiger partial charge in [0.05, 0.1) is 11.3 Å². The minimum absolute atomic E-state index is 0.0313. The second-order valence-electron chi connectivity index (χ2n) is 7.67. The lowest BCUT2D eigenvalue weighted by molar-refractivity contribution is -0.117. The van der Waals surface area contributed by atoms with Gasteiger partial charge in [-0.2, -0.15) is 0 Å². The molecule has 2 aliphatic carbocycles. The number of rotatable bonds is 4. The Balaban J connectivity index is 1.61. The quantitative estimate of drug-likeness (QED) is 0.789. The highest BCUT2D eigenvalue weighted by Gasteiger charge is 2.30. The molecule has 26 heavy (non-hydrogen) atoms. The van der Waals surface area contributed by atoms with Crippen LogP contribution in [0.5, 0.6) is 0 Å². The number of carbonyl (C=O) groups excluding carboxylic acids is 2. The molecule has 0 radical (unpaired) electrons. The van der Waals surface area contributed by atoms with E-state index in [9.17, 15) is 9.59 Å². The summed E-state index contributed by atoms with van der Waals surface area (Å²) in [5.74, 6) is 0.0665. The van der Waals surface area contributed by atoms with Crippen LogP contribution in [0.3, 0.4) is 0 Å². The van der Waals surface area contributed by atoms with Crippen LogP contribution in [-0.4, -0.2) is 17.9 Å². The third-order valence-corrected chi connectivity index (χ3v) is 5.53. The summed E-state index contributed by atoms with van der Waals surface area (Å²) in [5, 5.41) is 8.25. The molecule has 0 atom stereocenters. The van der Waals surface area contributed by atoms with E-state index in [-0.39, 0.29) is 23.8 Å². The summed E-state index contributed by atoms with van der Waals surface area (Å²) in [6.45, 7) is 0. The molecule has 4 rings (SSSR count). The lowest BCUT2D eigenvalue weighted by atomic mass is 10.0. The molecule has 2 aromatic rings. The lowest BCUT2D eigenvalue weighted by Gasteiger charge is -2.18. The van der Waals surface area contributed by atoms with Gasteiger partial charge in [0.15, 0.2) is 0 Å². The van der Waals surface area contributed by atoms with Crippen molar-refractivity contribution in [2.24, 2.45) is 5.92 Å². The van der Waals surface area contributed by atoms with Crippen LogP contribution in [0.1, 0.15) is 61.7 Å². The van der Waals surface area contributed by atoms with E-state index in [1.54, 1.807) is 0 Å². The van der Waals surface area contributed by atoms with Crippen molar-refractivity contribution in [1.82, 2.24) is 5.32 Å². The molecule has 2 aromatic carbocycles. The van der Waals surface area contributed by atoms with Crippen molar-refractivity contribution in [3.63, 3.8) is 0 Å². The van der Waals surface area contributed by atoms with Gasteiger partial charge in [0.1, 0.15) is 0 Å². The highest BCUT2D eigenvalue weighted by Crippen LogP contribution is 2.32. The van der Waals surface area contributed by atoms with Gasteiger partial charge in [-0.15, -0.1) is 0 Å². The van der Waals surface area contributed by atoms with E-state index in [0.717, 1.165) is 36.5 Å². The van der Waals surface area contributed by atoms with Crippen molar-refractivity contribution in [2.45, 2.75) is 57.4 Å². The first-order chi connectivity index (χ1) is 12.7. The Kier molecular flexibility index (Phi) is 4.91. The Morgan fingerprint density at radius 2 is 1.50 bits per heavy atom. The van der Waals surface area contributed by atoms with E-state index in [0.29, 0.717) is 11.3 Å². The zero-order valence-corrected chi connectivity index (χ0v) is 15.1. The molecule has 2 fully saturated rings. The van der Waals surface area contributed by atoms with Crippen molar-refractivity contribution < 1.29 is 9.59 Å². The molecule has 4 nitrogen and oxygen atoms in total. The molecule has 2 saturated carbocycles. The summed E-state index contributed by atoms with van der Waals surface area (Å²) in [4.78, 5) is 25.3. The maximum atomic E-state index is 13.0. The van der Waals surface area contributed by atoms with E-state index in [1.807, 2.05) is 36.4 Å². The van der Waals surface area contributed by atoms with Gasteiger partial charge in [-0.05, 0) is 48.6 Å². The van der Waals surface area contributed by atoms with Crippen LogP contribution < -0.4 is 10.6 Å². The summed E-state index contributed by atoms with van der Waals surface area (Å²) in [5.41, 5.74) is 1.20. The summed E-state index contributed by atoms with van der Waals surface area (Å²) < 4.78 is 0. The second-order valence-corrected chi connectivity index (χ2v) is 7.67. The van der Waals surface area contributed by atoms with Crippen LogP contribution in [0.4, 0.5) is 5.69 Å². The van der Waals surface area contributed by atoms with E-state index in [4.69, 9.17) is 0 Å². The van der Waals surface area contributed by atoms with E-state index >= 15 is 0 Å². The van der Waals surface area contributed by atoms with Crippen molar-refractivity contribution in [2.75, 3.05) is 5.32 Å². The molecule has 0 bridgehead atoms. The zero-order valence-electron chi connectivity index (χ0n) is 15.1. The number of anilines is 1. The molecular weight excluding hydrogens is 324 g/mol. The Bertz CT molecular complexity index is 818. The lowest BCUT2D eigenvalue weighted by Crippen LogP contribution is -2.35. The Morgan fingerprint density at radius 3 is 2.15 bits per heavy atom. The molecule has 2 amide bonds. The van der Waals surface area contributed by atoms with Gasteiger partial charge in [-0.3, -0.25) is 9.59 Å². The number of fused-ring (bicyclic) bond motifs is 1. The Hall–Kier alpha value is -2.36. The van der Waals surface area contributed by atoms with Crippen LogP contribution in [0.25, 0.3) is 10.8 Å². The first kappa shape index (κ1) is 17.1. The fraction of sp³-hybridized carbons (Fsp3) is 0.455. The number of benzene rings is 2. The highest BCUT2D eigenvalue weighted by molar-refractivity contribution is 6.08. The molecule has 0 heterocycles. The summed E-state index contributed by atoms with van der Waals surface area (Å²) in [6, 6.07) is 12.0. The molecule has 2 aliphatic rings. The van der Waals surface area contributed by atoms with Crippen molar-refractivity contribution in [3.8, 4) is 0 Å². The van der Waals surface area contributed by atoms with Crippen molar-refractivity contribution >= 4 is 28.3 Å². The fourth-order valence-corrected chi connectivity index (χ4v) is 3.80. The van der Waals surface area contributed by atoms with Gasteiger partial charge < -0.3 is 10.6 Å². The normalized spacial score (nSPS) is 18.3. The van der Waals surface area contributed by atoms with Gasteiger partial charge in [0.25, 0.3) is 5.91 Å². The number of hydrogen-bond acceptors (Lipinski definition) is 2. The topological polar surface area (TPSA) is 58.2 Å². The van der Waals surface area contributed by atoms with Gasteiger partial charge >= 0.3 is 0 Å². The molecule has 0 saturated heterocycles. The van der Waals surface area contributed by atoms with Crippen LogP contribution in [0, 0.1) is 5.92 Å². The summed E-state index contributed by atoms with van der Waals surface area (Å²) >= 11 is 0. The van der Waals surface area contributed by atoms with Gasteiger partial charge in [0.2, 0.25) is 5.91 Å². The van der Waals surface area contributed by atoms with Crippen LogP contribution >= 0.6 is 0 Å². The average molecular weight is 350 g/mol. The van der Waals surface area contributed by atoms with E-state index in [2.05, 4.69) is 10.6 Å². The number of carbonyl (C=O) groups is 2. The van der Waals surface area contributed by atoms with Crippen LogP contribution in [-0.2, 0) is 4.79 Å². The van der Waals surface area contributed by atoms with E-state index < -0.39 is 0 Å². The smallest absolute Gasteiger partial charge is 0.253 e. The third-order valence-electron chi connectivity index (χ3n) is 5.53. The molecule has 0 aliphatic heterocycles. The average Bonchev–Trinajstić information content (AvgIpc) is 3.49.